The molecular formula is C50H44Cl2N6O9S2. The second-order valence-corrected chi connectivity index (χ2v) is 20.8. The van der Waals surface area contributed by atoms with E-state index in [1.165, 1.54) is 6.92 Å². The van der Waals surface area contributed by atoms with Gasteiger partial charge in [0.2, 0.25) is 11.8 Å². The van der Waals surface area contributed by atoms with Crippen LogP contribution < -0.4 is 30.2 Å². The molecule has 4 N–H and O–H groups in total. The number of hydrogen-bond donors (Lipinski definition) is 4. The van der Waals surface area contributed by atoms with E-state index in [1.54, 1.807) is 48.5 Å². The number of carboxylic acids is 1. The summed E-state index contributed by atoms with van der Waals surface area (Å²) in [5.41, 5.74) is 5.82. The van der Waals surface area contributed by atoms with Gasteiger partial charge in [-0.25, -0.2) is 18.2 Å². The number of carbonyl (C=O) groups excluding carboxylic acids is 2. The number of aryl methyl sites for hydroxylation is 1. The van der Waals surface area contributed by atoms with Crippen molar-refractivity contribution in [1.82, 2.24) is 19.9 Å². The minimum absolute atomic E-state index is 0.0913. The molecule has 354 valence electrons. The van der Waals surface area contributed by atoms with Gasteiger partial charge in [-0.2, -0.15) is 9.57 Å². The smallest absolute Gasteiger partial charge is 0.326 e. The molecule has 1 unspecified atom stereocenters. The monoisotopic (exact) mass is 1010 g/mol. The molecule has 5 aromatic carbocycles. The second kappa shape index (κ2) is 20.2. The molecule has 15 nitrogen and oxygen atoms in total. The normalized spacial score (nSPS) is 18.1. The zero-order valence-corrected chi connectivity index (χ0v) is 40.1. The summed E-state index contributed by atoms with van der Waals surface area (Å²) >= 11 is 13.0. The van der Waals surface area contributed by atoms with Gasteiger partial charge in [0.1, 0.15) is 31.0 Å². The third-order valence-electron chi connectivity index (χ3n) is 12.2. The van der Waals surface area contributed by atoms with Crippen molar-refractivity contribution < 1.29 is 42.1 Å². The van der Waals surface area contributed by atoms with Crippen molar-refractivity contribution in [2.45, 2.75) is 74.2 Å². The Balaban J connectivity index is 0.956. The number of halogens is 2. The molecule has 2 amide bonds. The van der Waals surface area contributed by atoms with Crippen LogP contribution in [-0.4, -0.2) is 71.9 Å². The fourth-order valence-corrected chi connectivity index (χ4v) is 11.9. The largest absolute Gasteiger partial charge is 0.489 e. The van der Waals surface area contributed by atoms with E-state index in [0.29, 0.717) is 62.5 Å². The SMILES string of the molecule is Cc1nc(NC(=O)[C@@H]2CCCN2)sc1S(=O)(=O)N1Cc2cc3c(cc2C[C@H]1C(=O)N[C@@H](Cc1ccc(-c2ccc(C#N)cc2)cc1)C(=O)O)OCC(c1ccc(OCc2ccc(Cl)c(Cl)c2)cc1)O3. The summed E-state index contributed by atoms with van der Waals surface area (Å²) in [6, 6.07) is 29.2. The van der Waals surface area contributed by atoms with Crippen LogP contribution in [0.25, 0.3) is 11.1 Å². The molecule has 3 aliphatic rings. The van der Waals surface area contributed by atoms with Crippen molar-refractivity contribution in [3.8, 4) is 34.4 Å². The molecule has 0 aliphatic carbocycles. The van der Waals surface area contributed by atoms with Crippen LogP contribution in [0.1, 0.15) is 58.0 Å². The summed E-state index contributed by atoms with van der Waals surface area (Å²) in [6.45, 7) is 2.37. The van der Waals surface area contributed by atoms with Gasteiger partial charge in [-0.15, -0.1) is 0 Å². The van der Waals surface area contributed by atoms with Crippen molar-refractivity contribution >= 4 is 67.5 Å². The molecule has 0 bridgehead atoms. The Morgan fingerprint density at radius 2 is 1.65 bits per heavy atom. The lowest BCUT2D eigenvalue weighted by atomic mass is 9.94. The van der Waals surface area contributed by atoms with E-state index in [-0.39, 0.29) is 53.5 Å². The Hall–Kier alpha value is -6.52. The molecule has 9 rings (SSSR count). The predicted octanol–water partition coefficient (Wildman–Crippen LogP) is 8.01. The zero-order valence-electron chi connectivity index (χ0n) is 36.9. The maximum atomic E-state index is 14.9. The van der Waals surface area contributed by atoms with Gasteiger partial charge in [-0.3, -0.25) is 9.59 Å². The van der Waals surface area contributed by atoms with E-state index in [2.05, 4.69) is 27.0 Å². The standard InChI is InChI=1S/C50H44Cl2N6O9S2/c1-28-49(68-50(55-28)57-46(59)40-3-2-18-54-40)69(63,64)58-25-36-23-44-43(66-27-45(67-44)34-13-15-37(16-14-34)65-26-31-8-17-38(51)39(52)19-31)22-35(36)21-42(58)47(60)56-41(48(61)62)20-29-4-9-32(10-5-29)33-11-6-30(24-53)7-12-33/h4-17,19,22-23,40-42,45,54H,2-3,18,20-21,25-27H2,1H3,(H,56,60)(H,61,62)(H,55,57,59)/t40-,41-,42-,45?/m0/s1. The minimum atomic E-state index is -4.52. The highest BCUT2D eigenvalue weighted by Crippen LogP contribution is 2.43. The molecule has 3 aliphatic heterocycles. The number of thiazole rings is 1. The molecule has 1 fully saturated rings. The molecular weight excluding hydrogens is 964 g/mol. The molecule has 1 aromatic heterocycles. The Morgan fingerprint density at radius 3 is 2.33 bits per heavy atom. The number of ether oxygens (including phenoxy) is 3. The maximum Gasteiger partial charge on any atom is 0.326 e. The maximum absolute atomic E-state index is 14.9. The molecule has 0 radical (unpaired) electrons. The highest BCUT2D eigenvalue weighted by Gasteiger charge is 2.43. The Morgan fingerprint density at radius 1 is 0.942 bits per heavy atom. The highest BCUT2D eigenvalue weighted by molar-refractivity contribution is 7.91. The number of anilines is 1. The fraction of sp³-hybridized carbons (Fsp3) is 0.260. The first-order valence-electron chi connectivity index (χ1n) is 22.0. The van der Waals surface area contributed by atoms with Gasteiger partial charge in [0.25, 0.3) is 10.0 Å². The van der Waals surface area contributed by atoms with Crippen LogP contribution in [0.4, 0.5) is 5.13 Å². The summed E-state index contributed by atoms with van der Waals surface area (Å²) in [5.74, 6) is -1.04. The first-order valence-corrected chi connectivity index (χ1v) is 25.0. The van der Waals surface area contributed by atoms with Gasteiger partial charge in [-0.1, -0.05) is 89.1 Å². The number of aliphatic carboxylic acids is 1. The number of fused-ring (bicyclic) bond motifs is 2. The molecule has 1 saturated heterocycles. The van der Waals surface area contributed by atoms with Gasteiger partial charge < -0.3 is 35.3 Å². The number of aromatic nitrogens is 1. The van der Waals surface area contributed by atoms with Crippen LogP contribution >= 0.6 is 34.5 Å². The number of nitriles is 1. The summed E-state index contributed by atoms with van der Waals surface area (Å²) in [5, 5.41) is 29.0. The van der Waals surface area contributed by atoms with Gasteiger partial charge >= 0.3 is 5.97 Å². The lowest BCUT2D eigenvalue weighted by Gasteiger charge is -2.36. The van der Waals surface area contributed by atoms with Crippen LogP contribution in [0.3, 0.4) is 0 Å². The number of carbonyl (C=O) groups is 3. The lowest BCUT2D eigenvalue weighted by molar-refractivity contribution is -0.142. The molecule has 19 heteroatoms. The summed E-state index contributed by atoms with van der Waals surface area (Å²) in [7, 11) is -4.52. The minimum Gasteiger partial charge on any atom is -0.489 e. The molecule has 6 aromatic rings. The topological polar surface area (TPSA) is 209 Å². The first kappa shape index (κ1) is 47.5. The lowest BCUT2D eigenvalue weighted by Crippen LogP contribution is -2.55. The summed E-state index contributed by atoms with van der Waals surface area (Å²) in [6.07, 6.45) is 0.733. The third kappa shape index (κ3) is 10.6. The van der Waals surface area contributed by atoms with Gasteiger partial charge in [0, 0.05) is 13.0 Å². The average Bonchev–Trinajstić information content (AvgIpc) is 4.04. The average molecular weight is 1010 g/mol. The van der Waals surface area contributed by atoms with Gasteiger partial charge in [-0.05, 0) is 120 Å². The van der Waals surface area contributed by atoms with Crippen LogP contribution in [0.15, 0.2) is 107 Å². The molecule has 0 spiro atoms. The summed E-state index contributed by atoms with van der Waals surface area (Å²) in [4.78, 5) is 44.6. The number of nitrogens with zero attached hydrogens (tertiary/aromatic N) is 3. The number of amides is 2. The van der Waals surface area contributed by atoms with E-state index in [4.69, 9.17) is 42.7 Å². The Labute approximate surface area is 412 Å². The van der Waals surface area contributed by atoms with Crippen molar-refractivity contribution in [2.75, 3.05) is 18.5 Å². The number of sulfonamides is 1. The summed E-state index contributed by atoms with van der Waals surface area (Å²) < 4.78 is 49.3. The first-order chi connectivity index (χ1) is 33.2. The van der Waals surface area contributed by atoms with Crippen molar-refractivity contribution in [3.63, 3.8) is 0 Å². The Kier molecular flexibility index (Phi) is 13.9. The predicted molar refractivity (Wildman–Crippen MR) is 259 cm³/mol. The quantitative estimate of drug-likeness (QED) is 0.0818. The number of carboxylic acid groups (broad SMARTS) is 1. The number of nitrogens with one attached hydrogen (secondary N) is 3. The van der Waals surface area contributed by atoms with E-state index >= 15 is 0 Å². The van der Waals surface area contributed by atoms with Crippen molar-refractivity contribution in [1.29, 1.82) is 5.26 Å². The number of rotatable bonds is 14. The van der Waals surface area contributed by atoms with Gasteiger partial charge in [0.05, 0.1) is 33.4 Å². The van der Waals surface area contributed by atoms with E-state index < -0.39 is 46.1 Å². The number of hydrogen-bond acceptors (Lipinski definition) is 12. The van der Waals surface area contributed by atoms with Gasteiger partial charge in [0.15, 0.2) is 26.9 Å². The molecule has 69 heavy (non-hydrogen) atoms. The van der Waals surface area contributed by atoms with E-state index in [9.17, 15) is 27.9 Å². The highest BCUT2D eigenvalue weighted by atomic mass is 35.5. The molecule has 0 saturated carbocycles. The van der Waals surface area contributed by atoms with Crippen LogP contribution in [0.2, 0.25) is 10.0 Å². The number of benzene rings is 5. The van der Waals surface area contributed by atoms with Crippen LogP contribution in [0, 0.1) is 18.3 Å². The third-order valence-corrected chi connectivity index (χ3v) is 16.5. The molecule has 4 atom stereocenters. The second-order valence-electron chi connectivity index (χ2n) is 16.9. The Bertz CT molecular complexity index is 3090. The zero-order chi connectivity index (χ0) is 48.4. The van der Waals surface area contributed by atoms with Crippen LogP contribution in [0.5, 0.6) is 17.2 Å². The van der Waals surface area contributed by atoms with Crippen molar-refractivity contribution in [2.24, 2.45) is 0 Å². The van der Waals surface area contributed by atoms with E-state index in [0.717, 1.165) is 44.3 Å². The van der Waals surface area contributed by atoms with E-state index in [1.807, 2.05) is 54.6 Å². The van der Waals surface area contributed by atoms with Crippen molar-refractivity contribution in [3.05, 3.63) is 152 Å². The molecule has 4 heterocycles. The fourth-order valence-electron chi connectivity index (χ4n) is 8.50. The van der Waals surface area contributed by atoms with Crippen LogP contribution in [-0.2, 0) is 50.4 Å².